The molecule has 5 heteroatoms. The zero-order valence-electron chi connectivity index (χ0n) is 12.8. The van der Waals surface area contributed by atoms with Crippen LogP contribution < -0.4 is 0 Å². The molecule has 0 aliphatic carbocycles. The third-order valence-electron chi connectivity index (χ3n) is 0.493. The van der Waals surface area contributed by atoms with Gasteiger partial charge in [-0.1, -0.05) is 47.7 Å². The maximum atomic E-state index is 6.94. The molecule has 0 aliphatic rings. The van der Waals surface area contributed by atoms with E-state index in [1.807, 2.05) is 40.7 Å². The van der Waals surface area contributed by atoms with Crippen LogP contribution in [-0.2, 0) is 17.0 Å². The number of hydrogen-bond acceptors (Lipinski definition) is 0. The van der Waals surface area contributed by atoms with Gasteiger partial charge in [-0.25, -0.2) is 18.6 Å². The molecule has 0 saturated heterocycles. The predicted octanol–water partition coefficient (Wildman–Crippen LogP) is 6.08. The molecule has 0 aromatic heterocycles. The van der Waals surface area contributed by atoms with E-state index >= 15 is 0 Å². The molecule has 0 bridgehead atoms. The maximum absolute atomic E-state index is 6.94. The molecule has 1 nitrogen and oxygen atoms in total. The Morgan fingerprint density at radius 3 is 1.44 bits per heavy atom. The summed E-state index contributed by atoms with van der Waals surface area (Å²) >= 11 is -0.556. The second-order valence-electron chi connectivity index (χ2n) is 4.74. The van der Waals surface area contributed by atoms with E-state index in [0.717, 1.165) is 20.7 Å². The summed E-state index contributed by atoms with van der Waals surface area (Å²) in [7, 11) is 10.5. The first-order valence-electron chi connectivity index (χ1n) is 5.57. The van der Waals surface area contributed by atoms with Crippen molar-refractivity contribution in [3.63, 3.8) is 0 Å². The van der Waals surface area contributed by atoms with Gasteiger partial charge in [0.15, 0.2) is 0 Å². The predicted molar refractivity (Wildman–Crippen MR) is 88.6 cm³/mol. The normalized spacial score (nSPS) is 9.56. The number of hydrogen-bond donors (Lipinski definition) is 0. The van der Waals surface area contributed by atoms with Crippen LogP contribution in [0.25, 0.3) is 5.73 Å². The Kier molecular flexibility index (Phi) is 30.5. The van der Waals surface area contributed by atoms with Crippen molar-refractivity contribution in [2.45, 2.75) is 53.3 Å². The Hall–Kier alpha value is 0.821. The van der Waals surface area contributed by atoms with Gasteiger partial charge in [-0.15, -0.1) is 17.7 Å². The Morgan fingerprint density at radius 1 is 1.28 bits per heavy atom. The topological polar surface area (TPSA) is 23.8 Å². The molecule has 0 atom stereocenters. The summed E-state index contributed by atoms with van der Waals surface area (Å²) in [5.74, 6) is 0. The molecule has 0 heterocycles. The summed E-state index contributed by atoms with van der Waals surface area (Å²) in [6.07, 6.45) is 1.94. The van der Waals surface area contributed by atoms with Gasteiger partial charge < -0.3 is 5.73 Å². The van der Waals surface area contributed by atoms with Crippen molar-refractivity contribution >= 4 is 28.1 Å². The molecule has 0 saturated carbocycles. The molecule has 18 heavy (non-hydrogen) atoms. The third-order valence-corrected chi connectivity index (χ3v) is 0.493. The average Bonchev–Trinajstić information content (AvgIpc) is 1.99. The van der Waals surface area contributed by atoms with Gasteiger partial charge in [-0.3, -0.25) is 0 Å². The average molecular weight is 345 g/mol. The van der Waals surface area contributed by atoms with Crippen molar-refractivity contribution in [2.75, 3.05) is 0 Å². The molecule has 109 valence electrons. The fourth-order valence-corrected chi connectivity index (χ4v) is 0.421. The van der Waals surface area contributed by atoms with Gasteiger partial charge in [0, 0.05) is 9.52 Å². The minimum atomic E-state index is -0.556. The van der Waals surface area contributed by atoms with Crippen LogP contribution in [0, 0.1) is 6.92 Å². The summed E-state index contributed by atoms with van der Waals surface area (Å²) in [6.45, 7) is 21.2. The van der Waals surface area contributed by atoms with E-state index in [-0.39, 0.29) is 5.54 Å². The minimum absolute atomic E-state index is 0.250. The Morgan fingerprint density at radius 2 is 1.44 bits per heavy atom. The van der Waals surface area contributed by atoms with Crippen LogP contribution in [0.5, 0.6) is 0 Å². The monoisotopic (exact) mass is 344 g/mol. The molecule has 0 unspecified atom stereocenters. The van der Waals surface area contributed by atoms with Crippen LogP contribution >= 0.6 is 18.6 Å². The summed E-state index contributed by atoms with van der Waals surface area (Å²) in [4.78, 5) is 0. The second-order valence-corrected chi connectivity index (χ2v) is 8.47. The molecular formula is C13H28Cl2NSiTi-2. The van der Waals surface area contributed by atoms with Crippen molar-refractivity contribution in [2.24, 2.45) is 0 Å². The Balaban J connectivity index is -0.0000000784. The molecule has 1 N–H and O–H groups in total. The summed E-state index contributed by atoms with van der Waals surface area (Å²) in [5, 5.41) is 0. The van der Waals surface area contributed by atoms with Crippen LogP contribution in [0.3, 0.4) is 0 Å². The van der Waals surface area contributed by atoms with E-state index in [1.54, 1.807) is 0 Å². The summed E-state index contributed by atoms with van der Waals surface area (Å²) in [5.41, 5.74) is 8.81. The summed E-state index contributed by atoms with van der Waals surface area (Å²) in [6, 6.07) is 0. The molecule has 0 aromatic rings. The van der Waals surface area contributed by atoms with Crippen molar-refractivity contribution in [3.05, 3.63) is 36.5 Å². The van der Waals surface area contributed by atoms with E-state index in [4.69, 9.17) is 24.3 Å². The van der Waals surface area contributed by atoms with Gasteiger partial charge in [0.1, 0.15) is 0 Å². The van der Waals surface area contributed by atoms with Gasteiger partial charge in [-0.05, 0) is 0 Å². The van der Waals surface area contributed by atoms with Crippen molar-refractivity contribution in [1.82, 2.24) is 0 Å². The standard InChI is InChI=1S/C7H11.C4H10N.C2H7Si.2ClH.Ti/c1-6(2)5-7(3)4;1-4(2,3)5;1-3-2;;;/h5H,1,3H2,2,4H3;5H,1-3H3;3H,1-2H3;2*1H;/q2*-1;;;;+2/p-2. The van der Waals surface area contributed by atoms with Crippen LogP contribution in [-0.4, -0.2) is 15.1 Å². The fraction of sp³-hybridized carbons (Fsp3) is 0.615. The van der Waals surface area contributed by atoms with Gasteiger partial charge in [0.05, 0.1) is 0 Å². The number of nitrogens with one attached hydrogen (secondary N) is 1. The SMILES string of the molecule is C=C(C)C=C([CH2-])C.CC(C)(C)[NH-].C[SiH]C.[Cl][Ti][Cl]. The molecule has 0 spiro atoms. The second kappa shape index (κ2) is 20.1. The van der Waals surface area contributed by atoms with Crippen LogP contribution in [0.4, 0.5) is 0 Å². The number of allylic oxidation sites excluding steroid dienone is 3. The molecule has 1 radical (unpaired) electrons. The van der Waals surface area contributed by atoms with Gasteiger partial charge in [-0.2, -0.15) is 0 Å². The third kappa shape index (κ3) is 181. The first-order valence-corrected chi connectivity index (χ1v) is 12.2. The van der Waals surface area contributed by atoms with Crippen LogP contribution in [0.1, 0.15) is 34.6 Å². The van der Waals surface area contributed by atoms with Crippen LogP contribution in [0.15, 0.2) is 23.8 Å². The fourth-order valence-electron chi connectivity index (χ4n) is 0.421. The number of halogens is 2. The first kappa shape index (κ1) is 27.2. The van der Waals surface area contributed by atoms with E-state index in [1.165, 1.54) is 0 Å². The Bertz CT molecular complexity index is 190. The van der Waals surface area contributed by atoms with Crippen molar-refractivity contribution in [3.8, 4) is 0 Å². The van der Waals surface area contributed by atoms with Crippen molar-refractivity contribution < 1.29 is 17.0 Å². The first-order chi connectivity index (χ1) is 7.95. The molecule has 0 aromatic carbocycles. The van der Waals surface area contributed by atoms with E-state index in [9.17, 15) is 0 Å². The van der Waals surface area contributed by atoms with Gasteiger partial charge in [0.2, 0.25) is 0 Å². The van der Waals surface area contributed by atoms with Crippen LogP contribution in [0.2, 0.25) is 13.1 Å². The zero-order valence-corrected chi connectivity index (χ0v) is 17.1. The summed E-state index contributed by atoms with van der Waals surface area (Å²) < 4.78 is 0. The van der Waals surface area contributed by atoms with E-state index in [0.29, 0.717) is 0 Å². The van der Waals surface area contributed by atoms with E-state index < -0.39 is 17.0 Å². The molecule has 0 amide bonds. The van der Waals surface area contributed by atoms with E-state index in [2.05, 4.69) is 26.6 Å². The number of rotatable bonds is 1. The molecule has 0 aliphatic heterocycles. The zero-order chi connectivity index (χ0) is 15.8. The van der Waals surface area contributed by atoms with Gasteiger partial charge in [0.25, 0.3) is 0 Å². The van der Waals surface area contributed by atoms with Crippen molar-refractivity contribution in [1.29, 1.82) is 0 Å². The molecule has 0 rings (SSSR count). The quantitative estimate of drug-likeness (QED) is 0.313. The molecule has 0 fully saturated rings. The Labute approximate surface area is 134 Å². The molecular weight excluding hydrogens is 317 g/mol. The van der Waals surface area contributed by atoms with Gasteiger partial charge >= 0.3 is 35.6 Å².